The van der Waals surface area contributed by atoms with Gasteiger partial charge in [-0.1, -0.05) is 29.8 Å². The number of hydrogen-bond acceptors (Lipinski definition) is 4. The van der Waals surface area contributed by atoms with Crippen molar-refractivity contribution in [1.82, 2.24) is 4.90 Å². The van der Waals surface area contributed by atoms with Crippen LogP contribution in [0.3, 0.4) is 0 Å². The van der Waals surface area contributed by atoms with Crippen LogP contribution in [0.4, 0.5) is 5.69 Å². The summed E-state index contributed by atoms with van der Waals surface area (Å²) in [6.07, 6.45) is 1.10. The number of benzene rings is 2. The number of ether oxygens (including phenoxy) is 1. The lowest BCUT2D eigenvalue weighted by atomic mass is 10.1. The van der Waals surface area contributed by atoms with Crippen molar-refractivity contribution in [2.45, 2.75) is 33.4 Å². The Balaban J connectivity index is 2.22. The number of rotatable bonds is 8. The van der Waals surface area contributed by atoms with Gasteiger partial charge in [-0.3, -0.25) is 9.10 Å². The van der Waals surface area contributed by atoms with Crippen molar-refractivity contribution >= 4 is 21.6 Å². The number of aryl methyl sites for hydroxylation is 1. The lowest BCUT2D eigenvalue weighted by molar-refractivity contribution is -0.131. The quantitative estimate of drug-likeness (QED) is 0.678. The van der Waals surface area contributed by atoms with E-state index in [0.29, 0.717) is 24.6 Å². The molecule has 1 amide bonds. The highest BCUT2D eigenvalue weighted by Crippen LogP contribution is 2.24. The fourth-order valence-corrected chi connectivity index (χ4v) is 4.19. The van der Waals surface area contributed by atoms with Crippen molar-refractivity contribution in [3.63, 3.8) is 0 Å². The maximum atomic E-state index is 12.9. The van der Waals surface area contributed by atoms with E-state index in [2.05, 4.69) is 0 Å². The van der Waals surface area contributed by atoms with E-state index in [-0.39, 0.29) is 5.91 Å². The van der Waals surface area contributed by atoms with Crippen molar-refractivity contribution in [3.05, 3.63) is 59.7 Å². The summed E-state index contributed by atoms with van der Waals surface area (Å²) < 4.78 is 31.4. The third-order valence-corrected chi connectivity index (χ3v) is 5.63. The van der Waals surface area contributed by atoms with Crippen LogP contribution >= 0.6 is 0 Å². The number of nitrogens with zero attached hydrogens (tertiary/aromatic N) is 2. The molecule has 0 saturated carbocycles. The number of hydrogen-bond donors (Lipinski definition) is 0. The monoisotopic (exact) mass is 404 g/mol. The standard InChI is InChI=1S/C21H28N2O4S/c1-6-27-20-13-11-19(12-14-20)23(28(5,25)26)17(3)21(24)22(4)15-18-9-7-16(2)8-10-18/h7-14,17H,6,15H2,1-5H3. The van der Waals surface area contributed by atoms with Gasteiger partial charge in [-0.15, -0.1) is 0 Å². The lowest BCUT2D eigenvalue weighted by Gasteiger charge is -2.31. The number of likely N-dealkylation sites (N-methyl/N-ethyl adjacent to an activating group) is 1. The molecule has 0 aliphatic carbocycles. The molecule has 0 heterocycles. The van der Waals surface area contributed by atoms with E-state index in [4.69, 9.17) is 4.74 Å². The fourth-order valence-electron chi connectivity index (χ4n) is 3.02. The minimum atomic E-state index is -3.65. The average molecular weight is 405 g/mol. The molecule has 152 valence electrons. The SMILES string of the molecule is CCOc1ccc(N(C(C)C(=O)N(C)Cc2ccc(C)cc2)S(C)(=O)=O)cc1. The summed E-state index contributed by atoms with van der Waals surface area (Å²) >= 11 is 0. The fraction of sp³-hybridized carbons (Fsp3) is 0.381. The molecule has 1 atom stereocenters. The maximum absolute atomic E-state index is 12.9. The second kappa shape index (κ2) is 9.10. The van der Waals surface area contributed by atoms with Crippen LogP contribution in [0.2, 0.25) is 0 Å². The summed E-state index contributed by atoms with van der Waals surface area (Å²) in [5.41, 5.74) is 2.56. The average Bonchev–Trinajstić information content (AvgIpc) is 2.63. The van der Waals surface area contributed by atoms with Crippen molar-refractivity contribution in [3.8, 4) is 5.75 Å². The summed E-state index contributed by atoms with van der Waals surface area (Å²) in [6.45, 7) is 6.41. The van der Waals surface area contributed by atoms with Gasteiger partial charge in [-0.25, -0.2) is 8.42 Å². The predicted molar refractivity (Wildman–Crippen MR) is 112 cm³/mol. The van der Waals surface area contributed by atoms with Gasteiger partial charge in [-0.2, -0.15) is 0 Å². The topological polar surface area (TPSA) is 66.9 Å². The van der Waals surface area contributed by atoms with Gasteiger partial charge in [0.15, 0.2) is 0 Å². The van der Waals surface area contributed by atoms with Gasteiger partial charge in [0.1, 0.15) is 11.8 Å². The number of carbonyl (C=O) groups excluding carboxylic acids is 1. The van der Waals surface area contributed by atoms with Gasteiger partial charge in [0.25, 0.3) is 0 Å². The third-order valence-electron chi connectivity index (χ3n) is 4.39. The molecule has 0 aliphatic rings. The summed E-state index contributed by atoms with van der Waals surface area (Å²) in [4.78, 5) is 14.5. The predicted octanol–water partition coefficient (Wildman–Crippen LogP) is 3.21. The Morgan fingerprint density at radius 1 is 1.07 bits per heavy atom. The zero-order chi connectivity index (χ0) is 20.9. The van der Waals surface area contributed by atoms with Gasteiger partial charge < -0.3 is 9.64 Å². The first-order valence-corrected chi connectivity index (χ1v) is 11.0. The van der Waals surface area contributed by atoms with Crippen LogP contribution in [-0.2, 0) is 21.4 Å². The Morgan fingerprint density at radius 3 is 2.14 bits per heavy atom. The Labute approximate surface area is 167 Å². The van der Waals surface area contributed by atoms with Gasteiger partial charge in [-0.05, 0) is 50.6 Å². The highest BCUT2D eigenvalue weighted by molar-refractivity contribution is 7.92. The first kappa shape index (κ1) is 21.8. The Kier molecular flexibility index (Phi) is 7.07. The molecule has 0 N–H and O–H groups in total. The second-order valence-corrected chi connectivity index (χ2v) is 8.70. The third kappa shape index (κ3) is 5.48. The van der Waals surface area contributed by atoms with E-state index in [1.807, 2.05) is 38.1 Å². The number of carbonyl (C=O) groups is 1. The van der Waals surface area contributed by atoms with Crippen LogP contribution in [0.5, 0.6) is 5.75 Å². The summed E-state index contributed by atoms with van der Waals surface area (Å²) in [5.74, 6) is 0.370. The molecular formula is C21H28N2O4S. The molecule has 28 heavy (non-hydrogen) atoms. The molecule has 0 spiro atoms. The summed E-state index contributed by atoms with van der Waals surface area (Å²) in [6, 6.07) is 13.7. The van der Waals surface area contributed by atoms with Crippen LogP contribution in [0.15, 0.2) is 48.5 Å². The van der Waals surface area contributed by atoms with E-state index in [1.165, 1.54) is 0 Å². The smallest absolute Gasteiger partial charge is 0.246 e. The van der Waals surface area contributed by atoms with E-state index in [0.717, 1.165) is 21.7 Å². The molecule has 2 aromatic rings. The Morgan fingerprint density at radius 2 is 1.64 bits per heavy atom. The molecule has 0 fully saturated rings. The van der Waals surface area contributed by atoms with Crippen LogP contribution in [0.1, 0.15) is 25.0 Å². The molecule has 0 aliphatic heterocycles. The Bertz CT molecular complexity index is 893. The second-order valence-electron chi connectivity index (χ2n) is 6.84. The van der Waals surface area contributed by atoms with Crippen molar-refractivity contribution < 1.29 is 17.9 Å². The van der Waals surface area contributed by atoms with E-state index >= 15 is 0 Å². The summed E-state index contributed by atoms with van der Waals surface area (Å²) in [5, 5.41) is 0. The van der Waals surface area contributed by atoms with E-state index in [1.54, 1.807) is 43.1 Å². The number of sulfonamides is 1. The van der Waals surface area contributed by atoms with E-state index < -0.39 is 16.1 Å². The van der Waals surface area contributed by atoms with Gasteiger partial charge in [0.2, 0.25) is 15.9 Å². The van der Waals surface area contributed by atoms with Crippen LogP contribution in [0.25, 0.3) is 0 Å². The molecule has 0 bridgehead atoms. The number of anilines is 1. The minimum Gasteiger partial charge on any atom is -0.494 e. The molecule has 0 radical (unpaired) electrons. The molecule has 0 saturated heterocycles. The molecule has 2 rings (SSSR count). The minimum absolute atomic E-state index is 0.278. The molecule has 1 unspecified atom stereocenters. The highest BCUT2D eigenvalue weighted by atomic mass is 32.2. The molecular weight excluding hydrogens is 376 g/mol. The van der Waals surface area contributed by atoms with Gasteiger partial charge in [0, 0.05) is 13.6 Å². The molecule has 2 aromatic carbocycles. The van der Waals surface area contributed by atoms with Crippen LogP contribution in [-0.4, -0.2) is 45.2 Å². The Hall–Kier alpha value is -2.54. The van der Waals surface area contributed by atoms with Crippen molar-refractivity contribution in [2.75, 3.05) is 24.2 Å². The van der Waals surface area contributed by atoms with Crippen molar-refractivity contribution in [1.29, 1.82) is 0 Å². The van der Waals surface area contributed by atoms with Gasteiger partial charge in [0.05, 0.1) is 18.6 Å². The van der Waals surface area contributed by atoms with Gasteiger partial charge >= 0.3 is 0 Å². The first-order valence-electron chi connectivity index (χ1n) is 9.16. The lowest BCUT2D eigenvalue weighted by Crippen LogP contribution is -2.48. The largest absolute Gasteiger partial charge is 0.494 e. The van der Waals surface area contributed by atoms with E-state index in [9.17, 15) is 13.2 Å². The van der Waals surface area contributed by atoms with Crippen molar-refractivity contribution in [2.24, 2.45) is 0 Å². The zero-order valence-corrected chi connectivity index (χ0v) is 17.9. The summed E-state index contributed by atoms with van der Waals surface area (Å²) in [7, 11) is -1.98. The highest BCUT2D eigenvalue weighted by Gasteiger charge is 2.31. The maximum Gasteiger partial charge on any atom is 0.246 e. The molecule has 0 aromatic heterocycles. The number of amides is 1. The first-order chi connectivity index (χ1) is 13.1. The zero-order valence-electron chi connectivity index (χ0n) is 17.0. The van der Waals surface area contributed by atoms with Crippen LogP contribution in [0, 0.1) is 6.92 Å². The molecule has 7 heteroatoms. The normalized spacial score (nSPS) is 12.3. The van der Waals surface area contributed by atoms with Crippen LogP contribution < -0.4 is 9.04 Å². The molecule has 6 nitrogen and oxygen atoms in total.